The van der Waals surface area contributed by atoms with E-state index in [2.05, 4.69) is 15.9 Å². The minimum atomic E-state index is -0.376. The highest BCUT2D eigenvalue weighted by Crippen LogP contribution is 2.22. The van der Waals surface area contributed by atoms with Crippen LogP contribution in [-0.4, -0.2) is 12.9 Å². The van der Waals surface area contributed by atoms with Crippen LogP contribution in [-0.2, 0) is 0 Å². The zero-order chi connectivity index (χ0) is 17.1. The summed E-state index contributed by atoms with van der Waals surface area (Å²) in [6.07, 6.45) is 2.87. The van der Waals surface area contributed by atoms with Crippen LogP contribution in [0.2, 0.25) is 0 Å². The molecule has 0 heterocycles. The SMILES string of the molecule is COc1ccc2cc(C(=O)C=Cc3ccc(Br)cc3F)ccc2c1. The van der Waals surface area contributed by atoms with Gasteiger partial charge in [-0.2, -0.15) is 0 Å². The van der Waals surface area contributed by atoms with E-state index in [0.29, 0.717) is 15.6 Å². The average molecular weight is 385 g/mol. The Bertz CT molecular complexity index is 948. The third-order valence-electron chi connectivity index (χ3n) is 3.71. The first-order chi connectivity index (χ1) is 11.6. The van der Waals surface area contributed by atoms with Crippen LogP contribution in [0.4, 0.5) is 4.39 Å². The van der Waals surface area contributed by atoms with Gasteiger partial charge in [-0.3, -0.25) is 4.79 Å². The van der Waals surface area contributed by atoms with Gasteiger partial charge in [0.05, 0.1) is 7.11 Å². The molecule has 0 N–H and O–H groups in total. The Balaban J connectivity index is 1.86. The molecular weight excluding hydrogens is 371 g/mol. The van der Waals surface area contributed by atoms with Gasteiger partial charge in [-0.15, -0.1) is 0 Å². The van der Waals surface area contributed by atoms with Gasteiger partial charge in [-0.25, -0.2) is 4.39 Å². The standard InChI is InChI=1S/C20H14BrFO2/c1-24-18-8-5-14-10-16(3-2-15(14)11-18)20(23)9-6-13-4-7-17(21)12-19(13)22/h2-12H,1H3. The summed E-state index contributed by atoms with van der Waals surface area (Å²) in [6.45, 7) is 0. The highest BCUT2D eigenvalue weighted by Gasteiger charge is 2.05. The van der Waals surface area contributed by atoms with E-state index in [1.54, 1.807) is 25.3 Å². The van der Waals surface area contributed by atoms with Crippen molar-refractivity contribution in [2.75, 3.05) is 7.11 Å². The Morgan fingerprint density at radius 2 is 1.79 bits per heavy atom. The summed E-state index contributed by atoms with van der Waals surface area (Å²) in [5, 5.41) is 1.94. The lowest BCUT2D eigenvalue weighted by atomic mass is 10.0. The number of carbonyl (C=O) groups is 1. The van der Waals surface area contributed by atoms with Crippen molar-refractivity contribution in [2.24, 2.45) is 0 Å². The second kappa shape index (κ2) is 6.97. The molecule has 4 heteroatoms. The van der Waals surface area contributed by atoms with Crippen molar-refractivity contribution in [1.29, 1.82) is 0 Å². The van der Waals surface area contributed by atoms with Crippen LogP contribution in [0.1, 0.15) is 15.9 Å². The molecule has 120 valence electrons. The largest absolute Gasteiger partial charge is 0.497 e. The van der Waals surface area contributed by atoms with Gasteiger partial charge in [-0.1, -0.05) is 40.2 Å². The normalized spacial score (nSPS) is 11.1. The van der Waals surface area contributed by atoms with Crippen LogP contribution >= 0.6 is 15.9 Å². The van der Waals surface area contributed by atoms with E-state index in [-0.39, 0.29) is 11.6 Å². The van der Waals surface area contributed by atoms with E-state index < -0.39 is 0 Å². The highest BCUT2D eigenvalue weighted by molar-refractivity contribution is 9.10. The van der Waals surface area contributed by atoms with E-state index in [4.69, 9.17) is 4.74 Å². The number of rotatable bonds is 4. The van der Waals surface area contributed by atoms with E-state index in [0.717, 1.165) is 16.5 Å². The van der Waals surface area contributed by atoms with E-state index in [1.807, 2.05) is 30.3 Å². The van der Waals surface area contributed by atoms with Crippen LogP contribution in [0, 0.1) is 5.82 Å². The molecule has 0 aliphatic carbocycles. The molecule has 0 bridgehead atoms. The second-order valence-corrected chi connectivity index (χ2v) is 6.21. The molecule has 24 heavy (non-hydrogen) atoms. The fourth-order valence-electron chi connectivity index (χ4n) is 2.40. The number of hydrogen-bond acceptors (Lipinski definition) is 2. The Morgan fingerprint density at radius 1 is 1.04 bits per heavy atom. The molecule has 3 aromatic carbocycles. The summed E-state index contributed by atoms with van der Waals surface area (Å²) in [5.41, 5.74) is 0.929. The maximum atomic E-state index is 13.8. The molecular formula is C20H14BrFO2. The molecule has 0 aliphatic heterocycles. The molecule has 0 aliphatic rings. The number of carbonyl (C=O) groups excluding carboxylic acids is 1. The third kappa shape index (κ3) is 3.54. The third-order valence-corrected chi connectivity index (χ3v) is 4.20. The van der Waals surface area contributed by atoms with E-state index in [1.165, 1.54) is 18.2 Å². The number of halogens is 2. The summed E-state index contributed by atoms with van der Waals surface area (Å²) in [5.74, 6) is 0.223. The van der Waals surface area contributed by atoms with Gasteiger partial charge in [0.1, 0.15) is 11.6 Å². The minimum Gasteiger partial charge on any atom is -0.497 e. The lowest BCUT2D eigenvalue weighted by molar-refractivity contribution is 0.104. The Morgan fingerprint density at radius 3 is 2.54 bits per heavy atom. The predicted molar refractivity (Wildman–Crippen MR) is 98.0 cm³/mol. The number of benzene rings is 3. The summed E-state index contributed by atoms with van der Waals surface area (Å²) in [6, 6.07) is 15.8. The summed E-state index contributed by atoms with van der Waals surface area (Å²) >= 11 is 3.21. The molecule has 0 saturated heterocycles. The van der Waals surface area contributed by atoms with Gasteiger partial charge >= 0.3 is 0 Å². The number of hydrogen-bond donors (Lipinski definition) is 0. The topological polar surface area (TPSA) is 26.3 Å². The first-order valence-corrected chi connectivity index (χ1v) is 8.11. The fourth-order valence-corrected chi connectivity index (χ4v) is 2.74. The van der Waals surface area contributed by atoms with Crippen LogP contribution in [0.3, 0.4) is 0 Å². The van der Waals surface area contributed by atoms with Crippen molar-refractivity contribution in [3.8, 4) is 5.75 Å². The lowest BCUT2D eigenvalue weighted by Gasteiger charge is -2.04. The van der Waals surface area contributed by atoms with Crippen LogP contribution < -0.4 is 4.74 Å². The zero-order valence-corrected chi connectivity index (χ0v) is 14.5. The quantitative estimate of drug-likeness (QED) is 0.429. The smallest absolute Gasteiger partial charge is 0.185 e. The average Bonchev–Trinajstić information content (AvgIpc) is 2.59. The zero-order valence-electron chi connectivity index (χ0n) is 12.9. The van der Waals surface area contributed by atoms with Crippen molar-refractivity contribution in [1.82, 2.24) is 0 Å². The maximum Gasteiger partial charge on any atom is 0.185 e. The lowest BCUT2D eigenvalue weighted by Crippen LogP contribution is -1.94. The molecule has 0 atom stereocenters. The molecule has 0 aromatic heterocycles. The van der Waals surface area contributed by atoms with Crippen LogP contribution in [0.15, 0.2) is 65.1 Å². The van der Waals surface area contributed by atoms with Crippen LogP contribution in [0.5, 0.6) is 5.75 Å². The Hall–Kier alpha value is -2.46. The van der Waals surface area contributed by atoms with Gasteiger partial charge in [-0.05, 0) is 53.3 Å². The van der Waals surface area contributed by atoms with Crippen molar-refractivity contribution in [3.05, 3.63) is 82.1 Å². The van der Waals surface area contributed by atoms with Crippen molar-refractivity contribution < 1.29 is 13.9 Å². The van der Waals surface area contributed by atoms with Crippen molar-refractivity contribution in [3.63, 3.8) is 0 Å². The van der Waals surface area contributed by atoms with Gasteiger partial charge < -0.3 is 4.74 Å². The molecule has 3 aromatic rings. The molecule has 0 saturated carbocycles. The van der Waals surface area contributed by atoms with Gasteiger partial charge in [0.2, 0.25) is 0 Å². The summed E-state index contributed by atoms with van der Waals surface area (Å²) in [7, 11) is 1.62. The van der Waals surface area contributed by atoms with Gasteiger partial charge in [0.15, 0.2) is 5.78 Å². The van der Waals surface area contributed by atoms with Gasteiger partial charge in [0.25, 0.3) is 0 Å². The van der Waals surface area contributed by atoms with E-state index >= 15 is 0 Å². The number of allylic oxidation sites excluding steroid dienone is 1. The molecule has 3 rings (SSSR count). The maximum absolute atomic E-state index is 13.8. The number of fused-ring (bicyclic) bond motifs is 1. The molecule has 0 unspecified atom stereocenters. The van der Waals surface area contributed by atoms with Crippen molar-refractivity contribution >= 4 is 38.6 Å². The first-order valence-electron chi connectivity index (χ1n) is 7.32. The molecule has 0 spiro atoms. The Labute approximate surface area is 147 Å². The summed E-state index contributed by atoms with van der Waals surface area (Å²) in [4.78, 5) is 12.3. The minimum absolute atomic E-state index is 0.171. The fraction of sp³-hybridized carbons (Fsp3) is 0.0500. The monoisotopic (exact) mass is 384 g/mol. The summed E-state index contributed by atoms with van der Waals surface area (Å²) < 4.78 is 19.6. The van der Waals surface area contributed by atoms with Crippen LogP contribution in [0.25, 0.3) is 16.8 Å². The Kier molecular flexibility index (Phi) is 4.76. The predicted octanol–water partition coefficient (Wildman–Crippen LogP) is 5.65. The number of methoxy groups -OCH3 is 1. The molecule has 0 fully saturated rings. The molecule has 2 nitrogen and oxygen atoms in total. The number of ketones is 1. The highest BCUT2D eigenvalue weighted by atomic mass is 79.9. The van der Waals surface area contributed by atoms with E-state index in [9.17, 15) is 9.18 Å². The first kappa shape index (κ1) is 16.4. The van der Waals surface area contributed by atoms with Gasteiger partial charge in [0, 0.05) is 15.6 Å². The van der Waals surface area contributed by atoms with Crippen molar-refractivity contribution in [2.45, 2.75) is 0 Å². The second-order valence-electron chi connectivity index (χ2n) is 5.29. The number of ether oxygens (including phenoxy) is 1. The molecule has 0 radical (unpaired) electrons. The molecule has 0 amide bonds.